The van der Waals surface area contributed by atoms with Crippen LogP contribution in [-0.4, -0.2) is 23.8 Å². The zero-order valence-electron chi connectivity index (χ0n) is 15.9. The van der Waals surface area contributed by atoms with E-state index in [0.29, 0.717) is 21.8 Å². The molecule has 144 valence electrons. The Labute approximate surface area is 173 Å². The van der Waals surface area contributed by atoms with Gasteiger partial charge in [-0.1, -0.05) is 72.4 Å². The first kappa shape index (κ1) is 19.0. The van der Waals surface area contributed by atoms with Gasteiger partial charge in [0, 0.05) is 4.90 Å². The van der Waals surface area contributed by atoms with Gasteiger partial charge < -0.3 is 4.74 Å². The molecular weight excluding hydrogens is 382 g/mol. The van der Waals surface area contributed by atoms with Crippen LogP contribution in [0.5, 0.6) is 5.75 Å². The molecule has 0 fully saturated rings. The number of hydrogen-bond donors (Lipinski definition) is 0. The van der Waals surface area contributed by atoms with E-state index in [2.05, 4.69) is 0 Å². The van der Waals surface area contributed by atoms with Crippen molar-refractivity contribution in [2.45, 2.75) is 11.4 Å². The van der Waals surface area contributed by atoms with Gasteiger partial charge in [-0.25, -0.2) is 0 Å². The molecule has 1 heterocycles. The third-order valence-corrected chi connectivity index (χ3v) is 5.74. The molecule has 0 aliphatic carbocycles. The third kappa shape index (κ3) is 3.96. The number of nitrogens with zero attached hydrogens (tertiary/aromatic N) is 1. The van der Waals surface area contributed by atoms with Crippen molar-refractivity contribution in [2.24, 2.45) is 0 Å². The summed E-state index contributed by atoms with van der Waals surface area (Å²) in [5.74, 6) is 0.158. The van der Waals surface area contributed by atoms with E-state index in [1.165, 1.54) is 16.7 Å². The molecule has 0 bridgehead atoms. The van der Waals surface area contributed by atoms with Crippen LogP contribution >= 0.6 is 11.8 Å². The molecule has 2 amide bonds. The van der Waals surface area contributed by atoms with Gasteiger partial charge in [-0.2, -0.15) is 0 Å². The van der Waals surface area contributed by atoms with Crippen LogP contribution in [0.1, 0.15) is 11.1 Å². The summed E-state index contributed by atoms with van der Waals surface area (Å²) in [6.07, 6.45) is 0. The number of benzene rings is 3. The van der Waals surface area contributed by atoms with Gasteiger partial charge in [0.05, 0.1) is 24.1 Å². The summed E-state index contributed by atoms with van der Waals surface area (Å²) in [7, 11) is 1.59. The second-order valence-corrected chi connectivity index (χ2v) is 7.61. The molecule has 3 aromatic carbocycles. The number of ether oxygens (including phenoxy) is 1. The van der Waals surface area contributed by atoms with Gasteiger partial charge in [0.25, 0.3) is 11.8 Å². The van der Waals surface area contributed by atoms with Gasteiger partial charge in [-0.3, -0.25) is 14.5 Å². The maximum Gasteiger partial charge on any atom is 0.268 e. The number of rotatable bonds is 6. The Morgan fingerprint density at radius 2 is 1.41 bits per heavy atom. The molecule has 0 radical (unpaired) electrons. The lowest BCUT2D eigenvalue weighted by atomic mass is 10.1. The van der Waals surface area contributed by atoms with Crippen LogP contribution in [-0.2, 0) is 16.1 Å². The van der Waals surface area contributed by atoms with Crippen molar-refractivity contribution in [3.05, 3.63) is 101 Å². The molecule has 1 aliphatic rings. The van der Waals surface area contributed by atoms with E-state index in [1.54, 1.807) is 19.2 Å². The van der Waals surface area contributed by atoms with E-state index in [-0.39, 0.29) is 18.4 Å². The van der Waals surface area contributed by atoms with Gasteiger partial charge >= 0.3 is 0 Å². The summed E-state index contributed by atoms with van der Waals surface area (Å²) in [5, 5.41) is 0. The van der Waals surface area contributed by atoms with Crippen molar-refractivity contribution < 1.29 is 14.3 Å². The molecule has 3 aromatic rings. The first-order valence-electron chi connectivity index (χ1n) is 9.19. The van der Waals surface area contributed by atoms with Crippen molar-refractivity contribution >= 4 is 29.1 Å². The number of hydrogen-bond acceptors (Lipinski definition) is 4. The van der Waals surface area contributed by atoms with Crippen LogP contribution in [0, 0.1) is 0 Å². The van der Waals surface area contributed by atoms with Crippen molar-refractivity contribution in [2.75, 3.05) is 7.11 Å². The van der Waals surface area contributed by atoms with Crippen molar-refractivity contribution in [1.82, 2.24) is 4.90 Å². The van der Waals surface area contributed by atoms with Gasteiger partial charge in [-0.05, 0) is 35.4 Å². The third-order valence-electron chi connectivity index (χ3n) is 4.65. The summed E-state index contributed by atoms with van der Waals surface area (Å²) >= 11 is 1.33. The van der Waals surface area contributed by atoms with Crippen LogP contribution < -0.4 is 4.74 Å². The zero-order valence-corrected chi connectivity index (χ0v) is 16.7. The quantitative estimate of drug-likeness (QED) is 0.559. The fourth-order valence-electron chi connectivity index (χ4n) is 3.18. The summed E-state index contributed by atoms with van der Waals surface area (Å²) < 4.78 is 5.22. The van der Waals surface area contributed by atoms with Crippen molar-refractivity contribution in [1.29, 1.82) is 0 Å². The van der Waals surface area contributed by atoms with E-state index < -0.39 is 0 Å². The van der Waals surface area contributed by atoms with E-state index >= 15 is 0 Å². The van der Waals surface area contributed by atoms with Crippen molar-refractivity contribution in [3.63, 3.8) is 0 Å². The highest BCUT2D eigenvalue weighted by atomic mass is 32.2. The van der Waals surface area contributed by atoms with Gasteiger partial charge in [-0.15, -0.1) is 0 Å². The Bertz CT molecular complexity index is 1060. The minimum Gasteiger partial charge on any atom is -0.497 e. The highest BCUT2D eigenvalue weighted by Gasteiger charge is 2.39. The van der Waals surface area contributed by atoms with Crippen LogP contribution in [0.15, 0.2) is 94.7 Å². The lowest BCUT2D eigenvalue weighted by molar-refractivity contribution is -0.137. The number of imide groups is 1. The first-order valence-corrected chi connectivity index (χ1v) is 10.0. The smallest absolute Gasteiger partial charge is 0.268 e. The monoisotopic (exact) mass is 401 g/mol. The molecule has 29 heavy (non-hydrogen) atoms. The fraction of sp³-hybridized carbons (Fsp3) is 0.0833. The summed E-state index contributed by atoms with van der Waals surface area (Å²) in [6, 6.07) is 26.4. The van der Waals surface area contributed by atoms with Gasteiger partial charge in [0.2, 0.25) is 0 Å². The molecule has 0 saturated heterocycles. The summed E-state index contributed by atoms with van der Waals surface area (Å²) in [4.78, 5) is 29.2. The second kappa shape index (κ2) is 8.37. The van der Waals surface area contributed by atoms with Gasteiger partial charge in [0.1, 0.15) is 5.75 Å². The minimum absolute atomic E-state index is 0.247. The first-order chi connectivity index (χ1) is 14.2. The number of carbonyl (C=O) groups is 2. The topological polar surface area (TPSA) is 46.6 Å². The van der Waals surface area contributed by atoms with Crippen LogP contribution in [0.3, 0.4) is 0 Å². The van der Waals surface area contributed by atoms with E-state index in [1.807, 2.05) is 72.8 Å². The Hall–Kier alpha value is -3.31. The maximum atomic E-state index is 13.3. The maximum absolute atomic E-state index is 13.3. The molecule has 0 N–H and O–H groups in total. The highest BCUT2D eigenvalue weighted by molar-refractivity contribution is 8.04. The molecule has 4 rings (SSSR count). The molecule has 0 saturated carbocycles. The second-order valence-electron chi connectivity index (χ2n) is 6.53. The zero-order chi connectivity index (χ0) is 20.2. The van der Waals surface area contributed by atoms with Crippen LogP contribution in [0.25, 0.3) is 5.57 Å². The summed E-state index contributed by atoms with van der Waals surface area (Å²) in [6.45, 7) is 0.247. The van der Waals surface area contributed by atoms with E-state index in [0.717, 1.165) is 10.5 Å². The van der Waals surface area contributed by atoms with Crippen LogP contribution in [0.2, 0.25) is 0 Å². The normalized spacial score (nSPS) is 13.9. The van der Waals surface area contributed by atoms with E-state index in [9.17, 15) is 9.59 Å². The standard InChI is InChI=1S/C24H19NO3S/c1-28-19-14-12-18(13-15-19)21-22(29-20-10-6-3-7-11-20)24(27)25(23(21)26)16-17-8-4-2-5-9-17/h2-15H,16H2,1H3. The predicted octanol–water partition coefficient (Wildman–Crippen LogP) is 4.77. The highest BCUT2D eigenvalue weighted by Crippen LogP contribution is 2.40. The van der Waals surface area contributed by atoms with E-state index in [4.69, 9.17) is 4.74 Å². The molecule has 0 spiro atoms. The Morgan fingerprint density at radius 1 is 0.793 bits per heavy atom. The SMILES string of the molecule is COc1ccc(C2=C(Sc3ccccc3)C(=O)N(Cc3ccccc3)C2=O)cc1. The number of methoxy groups -OCH3 is 1. The molecule has 1 aliphatic heterocycles. The molecule has 0 aromatic heterocycles. The van der Waals surface area contributed by atoms with Crippen LogP contribution in [0.4, 0.5) is 0 Å². The number of amides is 2. The van der Waals surface area contributed by atoms with Gasteiger partial charge in [0.15, 0.2) is 0 Å². The Kier molecular flexibility index (Phi) is 5.49. The lowest BCUT2D eigenvalue weighted by Crippen LogP contribution is -2.30. The molecule has 5 heteroatoms. The molecule has 4 nitrogen and oxygen atoms in total. The average molecular weight is 401 g/mol. The molecule has 0 atom stereocenters. The lowest BCUT2D eigenvalue weighted by Gasteiger charge is -2.15. The number of thioether (sulfide) groups is 1. The number of carbonyl (C=O) groups excluding carboxylic acids is 2. The predicted molar refractivity (Wildman–Crippen MR) is 114 cm³/mol. The average Bonchev–Trinajstić information content (AvgIpc) is 2.99. The minimum atomic E-state index is -0.276. The molecular formula is C24H19NO3S. The Balaban J connectivity index is 1.73. The van der Waals surface area contributed by atoms with Crippen molar-refractivity contribution in [3.8, 4) is 5.75 Å². The molecule has 0 unspecified atom stereocenters. The largest absolute Gasteiger partial charge is 0.497 e. The fourth-order valence-corrected chi connectivity index (χ4v) is 4.21. The summed E-state index contributed by atoms with van der Waals surface area (Å²) in [5.41, 5.74) is 2.05. The Morgan fingerprint density at radius 3 is 2.03 bits per heavy atom.